The zero-order valence-electron chi connectivity index (χ0n) is 18.1. The van der Waals surface area contributed by atoms with Crippen LogP contribution in [0.25, 0.3) is 0 Å². The number of methoxy groups -OCH3 is 1. The maximum Gasteiger partial charge on any atom is 0.416 e. The molecule has 0 heterocycles. The van der Waals surface area contributed by atoms with Gasteiger partial charge in [0.15, 0.2) is 6.10 Å². The second kappa shape index (κ2) is 11.3. The third-order valence-electron chi connectivity index (χ3n) is 4.72. The monoisotopic (exact) mass is 470 g/mol. The van der Waals surface area contributed by atoms with Gasteiger partial charge in [0.1, 0.15) is 23.9 Å². The molecule has 1 unspecified atom stereocenters. The van der Waals surface area contributed by atoms with Crippen molar-refractivity contribution in [2.24, 2.45) is 0 Å². The molecular weight excluding hydrogens is 449 g/mol. The fourth-order valence-electron chi connectivity index (χ4n) is 2.92. The van der Waals surface area contributed by atoms with E-state index in [1.54, 1.807) is 48.5 Å². The van der Waals surface area contributed by atoms with Crippen molar-refractivity contribution < 1.29 is 37.3 Å². The number of alkyl halides is 3. The van der Waals surface area contributed by atoms with Crippen LogP contribution in [0.2, 0.25) is 0 Å². The molecule has 34 heavy (non-hydrogen) atoms. The number of carboxylic acids is 1. The van der Waals surface area contributed by atoms with E-state index in [0.29, 0.717) is 17.2 Å². The Bertz CT molecular complexity index is 1140. The number of hydrogen-bond donors (Lipinski definition) is 1. The third kappa shape index (κ3) is 7.29. The van der Waals surface area contributed by atoms with Gasteiger partial charge in [-0.2, -0.15) is 13.2 Å². The number of ether oxygens (including phenoxy) is 3. The Hall–Kier alpha value is -3.96. The van der Waals surface area contributed by atoms with Gasteiger partial charge in [0, 0.05) is 19.1 Å². The Kier molecular flexibility index (Phi) is 8.17. The summed E-state index contributed by atoms with van der Waals surface area (Å²) in [5.74, 6) is 6.16. The zero-order chi connectivity index (χ0) is 24.6. The summed E-state index contributed by atoms with van der Waals surface area (Å²) in [6.45, 7) is 0.144. The van der Waals surface area contributed by atoms with Crippen molar-refractivity contribution in [3.05, 3.63) is 89.5 Å². The summed E-state index contributed by atoms with van der Waals surface area (Å²) >= 11 is 0. The van der Waals surface area contributed by atoms with Gasteiger partial charge in [0.05, 0.1) is 5.56 Å². The Morgan fingerprint density at radius 1 is 0.912 bits per heavy atom. The summed E-state index contributed by atoms with van der Waals surface area (Å²) in [5, 5.41) is 9.04. The molecule has 0 aliphatic heterocycles. The second-order valence-corrected chi connectivity index (χ2v) is 7.15. The van der Waals surface area contributed by atoms with E-state index in [1.165, 1.54) is 19.2 Å². The molecule has 0 saturated carbocycles. The summed E-state index contributed by atoms with van der Waals surface area (Å²) in [6, 6.07) is 18.3. The molecule has 0 radical (unpaired) electrons. The van der Waals surface area contributed by atoms with Gasteiger partial charge in [0.2, 0.25) is 0 Å². The van der Waals surface area contributed by atoms with Crippen LogP contribution in [0.15, 0.2) is 72.8 Å². The molecule has 0 aliphatic rings. The largest absolute Gasteiger partial charge is 0.481 e. The van der Waals surface area contributed by atoms with E-state index in [2.05, 4.69) is 11.8 Å². The Balaban J connectivity index is 1.48. The predicted octanol–water partition coefficient (Wildman–Crippen LogP) is 5.57. The molecule has 0 amide bonds. The van der Waals surface area contributed by atoms with Gasteiger partial charge in [-0.1, -0.05) is 24.0 Å². The smallest absolute Gasteiger partial charge is 0.416 e. The lowest BCUT2D eigenvalue weighted by molar-refractivity contribution is -0.148. The van der Waals surface area contributed by atoms with Crippen molar-refractivity contribution in [1.82, 2.24) is 0 Å². The highest BCUT2D eigenvalue weighted by Crippen LogP contribution is 2.31. The number of halogens is 3. The molecule has 0 spiro atoms. The molecule has 1 N–H and O–H groups in total. The van der Waals surface area contributed by atoms with Gasteiger partial charge in [-0.15, -0.1) is 0 Å². The summed E-state index contributed by atoms with van der Waals surface area (Å²) in [6.07, 6.45) is -5.02. The third-order valence-corrected chi connectivity index (χ3v) is 4.72. The summed E-state index contributed by atoms with van der Waals surface area (Å²) in [4.78, 5) is 11.0. The van der Waals surface area contributed by atoms with Crippen LogP contribution < -0.4 is 9.47 Å². The number of aliphatic carboxylic acids is 1. The fourth-order valence-corrected chi connectivity index (χ4v) is 2.92. The zero-order valence-corrected chi connectivity index (χ0v) is 18.1. The minimum absolute atomic E-state index is 0.144. The lowest BCUT2D eigenvalue weighted by atomic mass is 10.1. The van der Waals surface area contributed by atoms with Crippen molar-refractivity contribution in [2.75, 3.05) is 13.7 Å². The van der Waals surface area contributed by atoms with Crippen LogP contribution in [0.4, 0.5) is 13.2 Å². The summed E-state index contributed by atoms with van der Waals surface area (Å²) in [7, 11) is 1.36. The molecule has 3 aromatic rings. The van der Waals surface area contributed by atoms with E-state index in [4.69, 9.17) is 19.3 Å². The molecule has 5 nitrogen and oxygen atoms in total. The molecule has 3 aromatic carbocycles. The quantitative estimate of drug-likeness (QED) is 0.436. The maximum atomic E-state index is 12.6. The van der Waals surface area contributed by atoms with Crippen molar-refractivity contribution in [1.29, 1.82) is 0 Å². The fraction of sp³-hybridized carbons (Fsp3) is 0.192. The number of benzene rings is 3. The molecule has 0 aliphatic carbocycles. The SMILES string of the molecule is COC(Cc1ccc(C#CCOc2ccc(Oc3ccc(C(F)(F)F)cc3)cc2)cc1)C(=O)O. The number of hydrogen-bond acceptors (Lipinski definition) is 4. The second-order valence-electron chi connectivity index (χ2n) is 7.15. The lowest BCUT2D eigenvalue weighted by Crippen LogP contribution is -2.24. The number of carbonyl (C=O) groups is 1. The normalized spacial score (nSPS) is 11.8. The van der Waals surface area contributed by atoms with Crippen molar-refractivity contribution in [3.63, 3.8) is 0 Å². The standard InChI is InChI=1S/C26H21F3O5/c1-32-24(25(30)31)17-19-6-4-18(5-7-19)3-2-16-33-21-12-14-23(15-13-21)34-22-10-8-20(9-11-22)26(27,28)29/h4-15,24H,16-17H2,1H3,(H,30,31). The Labute approximate surface area is 194 Å². The van der Waals surface area contributed by atoms with Crippen molar-refractivity contribution in [3.8, 4) is 29.1 Å². The van der Waals surface area contributed by atoms with E-state index < -0.39 is 23.8 Å². The molecule has 0 aromatic heterocycles. The molecule has 3 rings (SSSR count). The lowest BCUT2D eigenvalue weighted by Gasteiger charge is -2.10. The highest BCUT2D eigenvalue weighted by atomic mass is 19.4. The Morgan fingerprint density at radius 3 is 2.00 bits per heavy atom. The van der Waals surface area contributed by atoms with Crippen molar-refractivity contribution in [2.45, 2.75) is 18.7 Å². The molecule has 0 saturated heterocycles. The maximum absolute atomic E-state index is 12.6. The van der Waals surface area contributed by atoms with Gasteiger partial charge in [-0.25, -0.2) is 4.79 Å². The summed E-state index contributed by atoms with van der Waals surface area (Å²) < 4.78 is 53.9. The number of carboxylic acid groups (broad SMARTS) is 1. The molecule has 0 fully saturated rings. The predicted molar refractivity (Wildman–Crippen MR) is 119 cm³/mol. The molecule has 0 bridgehead atoms. The minimum Gasteiger partial charge on any atom is -0.481 e. The topological polar surface area (TPSA) is 65.0 Å². The number of rotatable bonds is 8. The molecule has 1 atom stereocenters. The average molecular weight is 470 g/mol. The van der Waals surface area contributed by atoms with Crippen LogP contribution in [0.5, 0.6) is 17.2 Å². The van der Waals surface area contributed by atoms with Gasteiger partial charge >= 0.3 is 12.1 Å². The van der Waals surface area contributed by atoms with E-state index in [9.17, 15) is 18.0 Å². The van der Waals surface area contributed by atoms with Crippen LogP contribution in [-0.4, -0.2) is 30.9 Å². The van der Waals surface area contributed by atoms with Crippen molar-refractivity contribution >= 4 is 5.97 Å². The van der Waals surface area contributed by atoms with Crippen LogP contribution in [-0.2, 0) is 22.1 Å². The van der Waals surface area contributed by atoms with Crippen LogP contribution in [0, 0.1) is 11.8 Å². The van der Waals surface area contributed by atoms with Gasteiger partial charge in [-0.05, 0) is 66.2 Å². The Morgan fingerprint density at radius 2 is 1.47 bits per heavy atom. The first-order chi connectivity index (χ1) is 16.2. The molecular formula is C26H21F3O5. The first-order valence-electron chi connectivity index (χ1n) is 10.2. The van der Waals surface area contributed by atoms with E-state index in [0.717, 1.165) is 23.3 Å². The van der Waals surface area contributed by atoms with Gasteiger partial charge < -0.3 is 19.3 Å². The van der Waals surface area contributed by atoms with E-state index in [-0.39, 0.29) is 13.0 Å². The highest BCUT2D eigenvalue weighted by Gasteiger charge is 2.30. The molecule has 176 valence electrons. The van der Waals surface area contributed by atoms with Crippen LogP contribution >= 0.6 is 0 Å². The minimum atomic E-state index is -4.39. The van der Waals surface area contributed by atoms with Gasteiger partial charge in [0.25, 0.3) is 0 Å². The van der Waals surface area contributed by atoms with E-state index in [1.807, 2.05) is 0 Å². The van der Waals surface area contributed by atoms with Crippen LogP contribution in [0.1, 0.15) is 16.7 Å². The van der Waals surface area contributed by atoms with Gasteiger partial charge in [-0.3, -0.25) is 0 Å². The van der Waals surface area contributed by atoms with Crippen LogP contribution in [0.3, 0.4) is 0 Å². The first kappa shape index (κ1) is 24.7. The van der Waals surface area contributed by atoms with E-state index >= 15 is 0 Å². The first-order valence-corrected chi connectivity index (χ1v) is 10.2. The average Bonchev–Trinajstić information content (AvgIpc) is 2.82. The summed E-state index contributed by atoms with van der Waals surface area (Å²) in [5.41, 5.74) is 0.852. The molecule has 8 heteroatoms. The highest BCUT2D eigenvalue weighted by molar-refractivity contribution is 5.72.